The highest BCUT2D eigenvalue weighted by Gasteiger charge is 2.77. The van der Waals surface area contributed by atoms with Crippen molar-refractivity contribution in [2.24, 2.45) is 17.8 Å². The molecule has 0 aromatic carbocycles. The summed E-state index contributed by atoms with van der Waals surface area (Å²) in [6, 6.07) is -1.50. The van der Waals surface area contributed by atoms with Gasteiger partial charge in [-0.05, 0) is 31.6 Å². The molecule has 3 saturated heterocycles. The van der Waals surface area contributed by atoms with Crippen molar-refractivity contribution in [2.75, 3.05) is 26.3 Å². The van der Waals surface area contributed by atoms with Crippen molar-refractivity contribution in [3.63, 3.8) is 0 Å². The summed E-state index contributed by atoms with van der Waals surface area (Å²) in [4.78, 5) is 45.1. The van der Waals surface area contributed by atoms with Gasteiger partial charge in [0, 0.05) is 17.9 Å². The lowest BCUT2D eigenvalue weighted by Crippen LogP contribution is -2.60. The summed E-state index contributed by atoms with van der Waals surface area (Å²) in [5, 5.41) is 10.5. The van der Waals surface area contributed by atoms with Gasteiger partial charge in [0.05, 0.1) is 37.2 Å². The van der Waals surface area contributed by atoms with Gasteiger partial charge in [0.1, 0.15) is 11.6 Å². The Labute approximate surface area is 235 Å². The molecule has 1 spiro atoms. The van der Waals surface area contributed by atoms with Gasteiger partial charge in [-0.3, -0.25) is 14.4 Å². The van der Waals surface area contributed by atoms with E-state index < -0.39 is 41.6 Å². The van der Waals surface area contributed by atoms with E-state index >= 15 is 0 Å². The number of esters is 1. The van der Waals surface area contributed by atoms with Crippen LogP contribution in [0.3, 0.4) is 0 Å². The van der Waals surface area contributed by atoms with E-state index in [0.29, 0.717) is 25.9 Å². The number of allylic oxidation sites excluding steroid dienone is 1. The van der Waals surface area contributed by atoms with E-state index in [9.17, 15) is 19.5 Å². The zero-order chi connectivity index (χ0) is 28.0. The molecule has 3 fully saturated rings. The highest BCUT2D eigenvalue weighted by atomic mass is 79.9. The van der Waals surface area contributed by atoms with E-state index in [1.165, 1.54) is 0 Å². The second-order valence-corrected chi connectivity index (χ2v) is 12.1. The first-order valence-electron chi connectivity index (χ1n) is 14.2. The fraction of sp³-hybridized carbons (Fsp3) is 0.759. The van der Waals surface area contributed by atoms with Crippen LogP contribution in [0.4, 0.5) is 0 Å². The van der Waals surface area contributed by atoms with Crippen LogP contribution >= 0.6 is 15.9 Å². The Morgan fingerprint density at radius 1 is 1.29 bits per heavy atom. The molecule has 0 aliphatic carbocycles. The minimum atomic E-state index is -1.16. The molecule has 3 heterocycles. The summed E-state index contributed by atoms with van der Waals surface area (Å²) in [6.07, 6.45) is 8.27. The van der Waals surface area contributed by atoms with Crippen molar-refractivity contribution in [3.8, 4) is 0 Å². The average Bonchev–Trinajstić information content (AvgIpc) is 3.49. The maximum absolute atomic E-state index is 14.4. The second kappa shape index (κ2) is 13.6. The highest BCUT2D eigenvalue weighted by Crippen LogP contribution is 2.61. The lowest BCUT2D eigenvalue weighted by Gasteiger charge is -2.41. The van der Waals surface area contributed by atoms with Gasteiger partial charge in [0.15, 0.2) is 0 Å². The molecule has 0 radical (unpaired) electrons. The topological polar surface area (TPSA) is 96.4 Å². The van der Waals surface area contributed by atoms with E-state index in [2.05, 4.69) is 36.0 Å². The molecule has 0 saturated carbocycles. The molecule has 2 amide bonds. The van der Waals surface area contributed by atoms with Gasteiger partial charge in [-0.2, -0.15) is 0 Å². The smallest absolute Gasteiger partial charge is 0.312 e. The highest BCUT2D eigenvalue weighted by molar-refractivity contribution is 9.09. The molecule has 3 aliphatic heterocycles. The number of likely N-dealkylation sites (tertiary alicyclic amines) is 1. The van der Waals surface area contributed by atoms with Gasteiger partial charge >= 0.3 is 5.97 Å². The number of alkyl halides is 1. The van der Waals surface area contributed by atoms with Crippen LogP contribution in [0.5, 0.6) is 0 Å². The van der Waals surface area contributed by atoms with Gasteiger partial charge in [0.2, 0.25) is 11.8 Å². The molecule has 9 heteroatoms. The maximum atomic E-state index is 14.4. The molecule has 38 heavy (non-hydrogen) atoms. The number of halogens is 1. The molecule has 0 aromatic rings. The summed E-state index contributed by atoms with van der Waals surface area (Å²) in [7, 11) is 0. The molecule has 0 aromatic heterocycles. The van der Waals surface area contributed by atoms with E-state index in [0.717, 1.165) is 32.1 Å². The number of fused-ring (bicyclic) bond motifs is 1. The third kappa shape index (κ3) is 5.61. The number of rotatable bonds is 16. The normalized spacial score (nSPS) is 31.1. The zero-order valence-corrected chi connectivity index (χ0v) is 24.7. The predicted octanol–water partition coefficient (Wildman–Crippen LogP) is 3.86. The molecule has 8 atom stereocenters. The first-order valence-corrected chi connectivity index (χ1v) is 15.1. The molecule has 214 valence electrons. The monoisotopic (exact) mass is 596 g/mol. The lowest BCUT2D eigenvalue weighted by molar-refractivity contribution is -0.157. The predicted molar refractivity (Wildman–Crippen MR) is 150 cm³/mol. The van der Waals surface area contributed by atoms with Crippen LogP contribution in [0.15, 0.2) is 25.3 Å². The number of hydrogen-bond acceptors (Lipinski definition) is 6. The fourth-order valence-corrected chi connectivity index (χ4v) is 7.40. The van der Waals surface area contributed by atoms with Crippen molar-refractivity contribution in [3.05, 3.63) is 25.3 Å². The van der Waals surface area contributed by atoms with Crippen LogP contribution in [0, 0.1) is 17.8 Å². The third-order valence-electron chi connectivity index (χ3n) is 8.57. The van der Waals surface area contributed by atoms with Gasteiger partial charge in [-0.15, -0.1) is 13.2 Å². The minimum Gasteiger partial charge on any atom is -0.465 e. The van der Waals surface area contributed by atoms with Crippen molar-refractivity contribution in [1.82, 2.24) is 9.80 Å². The number of ether oxygens (including phenoxy) is 2. The largest absolute Gasteiger partial charge is 0.465 e. The third-order valence-corrected chi connectivity index (χ3v) is 9.41. The maximum Gasteiger partial charge on any atom is 0.312 e. The molecule has 3 unspecified atom stereocenters. The Morgan fingerprint density at radius 3 is 2.63 bits per heavy atom. The number of carbonyl (C=O) groups excluding carboxylic acids is 3. The van der Waals surface area contributed by atoms with Crippen molar-refractivity contribution in [1.29, 1.82) is 0 Å². The van der Waals surface area contributed by atoms with E-state index in [4.69, 9.17) is 9.47 Å². The molecular weight excluding hydrogens is 552 g/mol. The second-order valence-electron chi connectivity index (χ2n) is 10.9. The van der Waals surface area contributed by atoms with E-state index in [1.54, 1.807) is 22.0 Å². The molecule has 8 nitrogen and oxygen atoms in total. The summed E-state index contributed by atoms with van der Waals surface area (Å²) in [5.41, 5.74) is -1.16. The van der Waals surface area contributed by atoms with Gasteiger partial charge in [-0.25, -0.2) is 0 Å². The average molecular weight is 598 g/mol. The van der Waals surface area contributed by atoms with Gasteiger partial charge < -0.3 is 24.4 Å². The Kier molecular flexibility index (Phi) is 11.0. The molecular formula is C29H45BrN2O6. The van der Waals surface area contributed by atoms with Crippen LogP contribution in [0.25, 0.3) is 0 Å². The van der Waals surface area contributed by atoms with Gasteiger partial charge in [0.25, 0.3) is 0 Å². The van der Waals surface area contributed by atoms with Crippen molar-refractivity contribution >= 4 is 33.7 Å². The Morgan fingerprint density at radius 2 is 2.03 bits per heavy atom. The van der Waals surface area contributed by atoms with E-state index in [1.807, 2.05) is 13.8 Å². The molecule has 3 rings (SSSR count). The van der Waals surface area contributed by atoms with Gasteiger partial charge in [-0.1, -0.05) is 68.1 Å². The van der Waals surface area contributed by atoms with Crippen molar-refractivity contribution < 1.29 is 29.0 Å². The molecule has 2 bridgehead atoms. The van der Waals surface area contributed by atoms with E-state index in [-0.39, 0.29) is 35.8 Å². The van der Waals surface area contributed by atoms with Crippen LogP contribution in [-0.2, 0) is 23.9 Å². The zero-order valence-electron chi connectivity index (χ0n) is 23.1. The standard InChI is InChI=1S/C29H45BrN2O6/c1-6-10-12-15-31(14-8-3)27(35)25-29-17-20(30)24(38-29)22(28(36)37-16-13-11-7-2)23(29)26(34)32(25)21(18-33)19(5)9-4/h7-8,19-25,33H,2-3,6,9-18H2,1,4-5H3/t19-,20?,21-,22+,23-,24+,25?,29?/m0/s1. The minimum absolute atomic E-state index is 0.0521. The Hall–Kier alpha value is -1.71. The number of carbonyl (C=O) groups is 3. The first kappa shape index (κ1) is 30.8. The Bertz CT molecular complexity index is 883. The number of unbranched alkanes of at least 4 members (excludes halogenated alkanes) is 3. The molecule has 1 N–H and O–H groups in total. The van der Waals surface area contributed by atoms with Crippen LogP contribution in [0.2, 0.25) is 0 Å². The Balaban J connectivity index is 2.04. The SMILES string of the molecule is C=CCCCOC(=O)[C@H]1[C@@H]2OC3(CC2Br)C(C(=O)N(CC=C)CCCCC)N([C@@H](CO)[C@@H](C)CC)C(=O)[C@H]13. The lowest BCUT2D eigenvalue weighted by atomic mass is 9.70. The summed E-state index contributed by atoms with van der Waals surface area (Å²) in [5.74, 6) is -2.67. The van der Waals surface area contributed by atoms with Crippen LogP contribution in [-0.4, -0.2) is 87.6 Å². The van der Waals surface area contributed by atoms with Crippen LogP contribution in [0.1, 0.15) is 65.7 Å². The number of nitrogens with zero attached hydrogens (tertiary/aromatic N) is 2. The quantitative estimate of drug-likeness (QED) is 0.126. The number of amides is 2. The van der Waals surface area contributed by atoms with Crippen LogP contribution < -0.4 is 0 Å². The summed E-state index contributed by atoms with van der Waals surface area (Å²) < 4.78 is 12.2. The fourth-order valence-electron chi connectivity index (χ4n) is 6.46. The number of hydrogen-bond donors (Lipinski definition) is 1. The van der Waals surface area contributed by atoms with Crippen molar-refractivity contribution in [2.45, 2.75) is 94.3 Å². The first-order chi connectivity index (χ1) is 18.2. The molecule has 3 aliphatic rings. The summed E-state index contributed by atoms with van der Waals surface area (Å²) in [6.45, 7) is 14.5. The summed E-state index contributed by atoms with van der Waals surface area (Å²) >= 11 is 3.69. The number of aliphatic hydroxyl groups is 1. The number of aliphatic hydroxyl groups excluding tert-OH is 1.